The lowest BCUT2D eigenvalue weighted by Crippen LogP contribution is -2.33. The van der Waals surface area contributed by atoms with E-state index in [-0.39, 0.29) is 12.1 Å². The molecule has 0 saturated heterocycles. The van der Waals surface area contributed by atoms with E-state index >= 15 is 0 Å². The first-order chi connectivity index (χ1) is 10.8. The van der Waals surface area contributed by atoms with Gasteiger partial charge in [0.2, 0.25) is 0 Å². The number of aromatic nitrogens is 2. The van der Waals surface area contributed by atoms with Gasteiger partial charge in [0.1, 0.15) is 25.4 Å². The molecule has 0 aliphatic rings. The van der Waals surface area contributed by atoms with Crippen molar-refractivity contribution in [3.05, 3.63) is 57.5 Å². The number of pyridine rings is 1. The molecular weight excluding hydrogens is 302 g/mol. The zero-order chi connectivity index (χ0) is 17.1. The molecule has 2 aromatic rings. The number of amides is 2. The summed E-state index contributed by atoms with van der Waals surface area (Å²) in [5.74, 6) is -2.52. The van der Waals surface area contributed by atoms with Crippen molar-refractivity contribution < 1.29 is 19.1 Å². The van der Waals surface area contributed by atoms with Crippen molar-refractivity contribution in [2.45, 2.75) is 13.0 Å². The summed E-state index contributed by atoms with van der Waals surface area (Å²) in [5, 5.41) is 11.3. The third kappa shape index (κ3) is 3.18. The molecule has 2 heterocycles. The zero-order valence-corrected chi connectivity index (χ0v) is 12.4. The van der Waals surface area contributed by atoms with E-state index in [9.17, 15) is 19.7 Å². The lowest BCUT2D eigenvalue weighted by molar-refractivity contribution is -0.679. The standard InChI is InChI=1S/C14H15N5O4/c1-17-6-3-2-4-9(17)5-7-18-8-10(12(15)20)11(13(16)21)14(18)19(22)23/h2-4,6,8H,5,7H2,1H3,(H3-,15,16,20,21)/p+1. The minimum Gasteiger partial charge on any atom is -0.365 e. The summed E-state index contributed by atoms with van der Waals surface area (Å²) >= 11 is 0. The molecule has 9 nitrogen and oxygen atoms in total. The van der Waals surface area contributed by atoms with Crippen LogP contribution < -0.4 is 16.0 Å². The van der Waals surface area contributed by atoms with E-state index in [1.54, 1.807) is 0 Å². The highest BCUT2D eigenvalue weighted by atomic mass is 16.6. The maximum absolute atomic E-state index is 11.5. The minimum atomic E-state index is -1.06. The number of aryl methyl sites for hydroxylation is 3. The van der Waals surface area contributed by atoms with E-state index in [1.807, 2.05) is 36.0 Å². The van der Waals surface area contributed by atoms with Gasteiger partial charge < -0.3 is 21.6 Å². The highest BCUT2D eigenvalue weighted by Crippen LogP contribution is 2.25. The van der Waals surface area contributed by atoms with Crippen LogP contribution in [-0.2, 0) is 20.0 Å². The topological polar surface area (TPSA) is 138 Å². The molecule has 0 bridgehead atoms. The Balaban J connectivity index is 2.44. The van der Waals surface area contributed by atoms with Gasteiger partial charge in [-0.15, -0.1) is 0 Å². The van der Waals surface area contributed by atoms with E-state index < -0.39 is 28.1 Å². The van der Waals surface area contributed by atoms with Gasteiger partial charge in [-0.05, 0) is 4.92 Å². The van der Waals surface area contributed by atoms with Crippen LogP contribution >= 0.6 is 0 Å². The van der Waals surface area contributed by atoms with Crippen LogP contribution in [0.5, 0.6) is 0 Å². The maximum Gasteiger partial charge on any atom is 0.336 e. The molecule has 0 saturated carbocycles. The molecule has 2 rings (SSSR count). The predicted octanol–water partition coefficient (Wildman–Crippen LogP) is -0.339. The lowest BCUT2D eigenvalue weighted by atomic mass is 10.1. The van der Waals surface area contributed by atoms with E-state index in [0.717, 1.165) is 5.69 Å². The second-order valence-electron chi connectivity index (χ2n) is 4.97. The summed E-state index contributed by atoms with van der Waals surface area (Å²) in [4.78, 5) is 33.4. The first-order valence-electron chi connectivity index (χ1n) is 6.73. The second-order valence-corrected chi connectivity index (χ2v) is 4.97. The number of nitro groups is 1. The Kier molecular flexibility index (Phi) is 4.39. The van der Waals surface area contributed by atoms with Crippen LogP contribution in [0.3, 0.4) is 0 Å². The van der Waals surface area contributed by atoms with Crippen molar-refractivity contribution in [2.24, 2.45) is 18.5 Å². The summed E-state index contributed by atoms with van der Waals surface area (Å²) < 4.78 is 3.09. The van der Waals surface area contributed by atoms with Gasteiger partial charge in [0.05, 0.1) is 12.0 Å². The van der Waals surface area contributed by atoms with E-state index in [0.29, 0.717) is 6.42 Å². The molecule has 0 spiro atoms. The molecule has 2 aromatic heterocycles. The molecule has 0 fully saturated rings. The molecule has 0 aromatic carbocycles. The molecule has 0 atom stereocenters. The quantitative estimate of drug-likeness (QED) is 0.427. The number of hydrogen-bond donors (Lipinski definition) is 2. The highest BCUT2D eigenvalue weighted by molar-refractivity contribution is 6.08. The molecule has 0 radical (unpaired) electrons. The third-order valence-electron chi connectivity index (χ3n) is 3.51. The number of nitrogens with zero attached hydrogens (tertiary/aromatic N) is 3. The Morgan fingerprint density at radius 1 is 1.30 bits per heavy atom. The fraction of sp³-hybridized carbons (Fsp3) is 0.214. The normalized spacial score (nSPS) is 10.5. The summed E-state index contributed by atoms with van der Waals surface area (Å²) in [6.45, 7) is 0.196. The fourth-order valence-electron chi connectivity index (χ4n) is 2.40. The van der Waals surface area contributed by atoms with Crippen LogP contribution in [0, 0.1) is 10.1 Å². The van der Waals surface area contributed by atoms with Crippen LogP contribution in [-0.4, -0.2) is 21.3 Å². The second kappa shape index (κ2) is 6.26. The van der Waals surface area contributed by atoms with Crippen LogP contribution in [0.25, 0.3) is 0 Å². The molecule has 23 heavy (non-hydrogen) atoms. The fourth-order valence-corrected chi connectivity index (χ4v) is 2.40. The number of rotatable bonds is 6. The van der Waals surface area contributed by atoms with Crippen LogP contribution in [0.1, 0.15) is 26.4 Å². The molecule has 2 amide bonds. The number of primary amides is 2. The SMILES string of the molecule is C[n+]1ccccc1CCn1cc(C(N)=O)c(C(N)=O)c1[N+](=O)[O-]. The van der Waals surface area contributed by atoms with Crippen molar-refractivity contribution in [3.63, 3.8) is 0 Å². The van der Waals surface area contributed by atoms with Gasteiger partial charge in [-0.2, -0.15) is 0 Å². The minimum absolute atomic E-state index is 0.196. The predicted molar refractivity (Wildman–Crippen MR) is 79.4 cm³/mol. The molecule has 0 unspecified atom stereocenters. The number of carbonyl (C=O) groups is 2. The molecule has 9 heteroatoms. The molecule has 0 aliphatic heterocycles. The first kappa shape index (κ1) is 16.1. The zero-order valence-electron chi connectivity index (χ0n) is 12.4. The van der Waals surface area contributed by atoms with E-state index in [1.165, 1.54) is 10.8 Å². The Bertz CT molecular complexity index is 796. The third-order valence-corrected chi connectivity index (χ3v) is 3.51. The molecule has 0 aliphatic carbocycles. The summed E-state index contributed by atoms with van der Waals surface area (Å²) in [5.41, 5.74) is 10.6. The highest BCUT2D eigenvalue weighted by Gasteiger charge is 2.31. The van der Waals surface area contributed by atoms with E-state index in [4.69, 9.17) is 11.5 Å². The van der Waals surface area contributed by atoms with Gasteiger partial charge >= 0.3 is 5.82 Å². The first-order valence-corrected chi connectivity index (χ1v) is 6.73. The number of nitrogens with two attached hydrogens (primary N) is 2. The Labute approximate surface area is 131 Å². The van der Waals surface area contributed by atoms with Gasteiger partial charge in [0.15, 0.2) is 11.9 Å². The Hall–Kier alpha value is -3.23. The smallest absolute Gasteiger partial charge is 0.336 e. The van der Waals surface area contributed by atoms with Gasteiger partial charge in [-0.3, -0.25) is 9.59 Å². The largest absolute Gasteiger partial charge is 0.365 e. The van der Waals surface area contributed by atoms with Crippen LogP contribution in [0.15, 0.2) is 30.6 Å². The summed E-state index contributed by atoms with van der Waals surface area (Å²) in [6.07, 6.45) is 3.51. The van der Waals surface area contributed by atoms with Crippen molar-refractivity contribution >= 4 is 17.6 Å². The molecule has 4 N–H and O–H groups in total. The van der Waals surface area contributed by atoms with E-state index in [2.05, 4.69) is 0 Å². The summed E-state index contributed by atoms with van der Waals surface area (Å²) in [7, 11) is 1.85. The molecule has 120 valence electrons. The average molecular weight is 318 g/mol. The lowest BCUT2D eigenvalue weighted by Gasteiger charge is -2.02. The van der Waals surface area contributed by atoms with Crippen LogP contribution in [0.2, 0.25) is 0 Å². The van der Waals surface area contributed by atoms with Gasteiger partial charge in [-0.25, -0.2) is 9.13 Å². The number of carbonyl (C=O) groups excluding carboxylic acids is 2. The summed E-state index contributed by atoms with van der Waals surface area (Å²) in [6, 6.07) is 5.58. The Morgan fingerprint density at radius 2 is 2.00 bits per heavy atom. The maximum atomic E-state index is 11.5. The van der Waals surface area contributed by atoms with Gasteiger partial charge in [-0.1, -0.05) is 6.07 Å². The monoisotopic (exact) mass is 318 g/mol. The Morgan fingerprint density at radius 3 is 2.52 bits per heavy atom. The van der Waals surface area contributed by atoms with Gasteiger partial charge in [0, 0.05) is 12.1 Å². The average Bonchev–Trinajstić information content (AvgIpc) is 2.86. The van der Waals surface area contributed by atoms with Crippen molar-refractivity contribution in [1.82, 2.24) is 4.57 Å². The molecular formula is C14H16N5O4+. The van der Waals surface area contributed by atoms with Gasteiger partial charge in [0.25, 0.3) is 11.8 Å². The number of hydrogen-bond acceptors (Lipinski definition) is 4. The van der Waals surface area contributed by atoms with Crippen molar-refractivity contribution in [3.8, 4) is 0 Å². The van der Waals surface area contributed by atoms with Crippen molar-refractivity contribution in [2.75, 3.05) is 0 Å². The van der Waals surface area contributed by atoms with Crippen LogP contribution in [0.4, 0.5) is 5.82 Å². The van der Waals surface area contributed by atoms with Crippen molar-refractivity contribution in [1.29, 1.82) is 0 Å².